The molecule has 1 saturated heterocycles. The molecule has 1 aromatic heterocycles. The van der Waals surface area contributed by atoms with Gasteiger partial charge >= 0.3 is 0 Å². The van der Waals surface area contributed by atoms with Crippen molar-refractivity contribution in [2.75, 3.05) is 23.8 Å². The largest absolute Gasteiger partial charge is 0.376 e. The summed E-state index contributed by atoms with van der Waals surface area (Å²) in [5.41, 5.74) is 2.09. The zero-order valence-electron chi connectivity index (χ0n) is 12.3. The number of halogens is 1. The van der Waals surface area contributed by atoms with Gasteiger partial charge in [0.25, 0.3) is 0 Å². The zero-order valence-corrected chi connectivity index (χ0v) is 13.9. The molecule has 2 N–H and O–H groups in total. The van der Waals surface area contributed by atoms with Crippen LogP contribution in [-0.4, -0.2) is 34.4 Å². The molecule has 1 aromatic carbocycles. The SMILES string of the molecule is Cc1ccc(Nc2nncc(NCC3CCCO3)n2)cc1Br. The molecule has 1 unspecified atom stereocenters. The standard InChI is InChI=1S/C15H18BrN5O/c1-10-4-5-11(7-13(10)16)19-15-20-14(9-18-21-15)17-8-12-3-2-6-22-12/h4-5,7,9,12H,2-3,6,8H2,1H3,(H2,17,19,20,21). The first-order chi connectivity index (χ1) is 10.7. The second-order valence-corrected chi connectivity index (χ2v) is 6.12. The zero-order chi connectivity index (χ0) is 15.4. The molecule has 1 atom stereocenters. The van der Waals surface area contributed by atoms with Crippen LogP contribution < -0.4 is 10.6 Å². The number of nitrogens with zero attached hydrogens (tertiary/aromatic N) is 3. The predicted molar refractivity (Wildman–Crippen MR) is 89.5 cm³/mol. The van der Waals surface area contributed by atoms with Crippen molar-refractivity contribution >= 4 is 33.4 Å². The van der Waals surface area contributed by atoms with E-state index in [0.717, 1.165) is 36.2 Å². The Kier molecular flexibility index (Phi) is 4.84. The van der Waals surface area contributed by atoms with Gasteiger partial charge in [-0.15, -0.1) is 5.10 Å². The van der Waals surface area contributed by atoms with Crippen molar-refractivity contribution in [2.45, 2.75) is 25.9 Å². The molecule has 22 heavy (non-hydrogen) atoms. The van der Waals surface area contributed by atoms with E-state index in [1.165, 1.54) is 5.56 Å². The summed E-state index contributed by atoms with van der Waals surface area (Å²) in [6, 6.07) is 6.00. The third kappa shape index (κ3) is 3.92. The van der Waals surface area contributed by atoms with Crippen LogP contribution in [0.25, 0.3) is 0 Å². The highest BCUT2D eigenvalue weighted by molar-refractivity contribution is 9.10. The van der Waals surface area contributed by atoms with Gasteiger partial charge in [0.05, 0.1) is 12.3 Å². The number of benzene rings is 1. The fraction of sp³-hybridized carbons (Fsp3) is 0.400. The molecule has 0 radical (unpaired) electrons. The smallest absolute Gasteiger partial charge is 0.249 e. The summed E-state index contributed by atoms with van der Waals surface area (Å²) in [6.45, 7) is 3.64. The maximum Gasteiger partial charge on any atom is 0.249 e. The third-order valence-electron chi connectivity index (χ3n) is 3.52. The Morgan fingerprint density at radius 1 is 1.41 bits per heavy atom. The summed E-state index contributed by atoms with van der Waals surface area (Å²) < 4.78 is 6.62. The number of ether oxygens (including phenoxy) is 1. The number of hydrogen-bond acceptors (Lipinski definition) is 6. The summed E-state index contributed by atoms with van der Waals surface area (Å²) in [6.07, 6.45) is 4.10. The number of aromatic nitrogens is 3. The molecule has 0 aliphatic carbocycles. The molecular weight excluding hydrogens is 346 g/mol. The van der Waals surface area contributed by atoms with Crippen LogP contribution in [0.4, 0.5) is 17.5 Å². The summed E-state index contributed by atoms with van der Waals surface area (Å²) in [4.78, 5) is 4.41. The van der Waals surface area contributed by atoms with E-state index in [9.17, 15) is 0 Å². The lowest BCUT2D eigenvalue weighted by Gasteiger charge is -2.11. The van der Waals surface area contributed by atoms with Crippen LogP contribution in [0.2, 0.25) is 0 Å². The van der Waals surface area contributed by atoms with E-state index in [1.807, 2.05) is 25.1 Å². The Bertz CT molecular complexity index is 646. The molecule has 7 heteroatoms. The van der Waals surface area contributed by atoms with Crippen LogP contribution in [-0.2, 0) is 4.74 Å². The van der Waals surface area contributed by atoms with Gasteiger partial charge in [0.1, 0.15) is 0 Å². The van der Waals surface area contributed by atoms with E-state index >= 15 is 0 Å². The molecule has 1 aliphatic rings. The van der Waals surface area contributed by atoms with E-state index in [-0.39, 0.29) is 6.10 Å². The highest BCUT2D eigenvalue weighted by Crippen LogP contribution is 2.22. The van der Waals surface area contributed by atoms with Crippen LogP contribution in [0.3, 0.4) is 0 Å². The lowest BCUT2D eigenvalue weighted by Crippen LogP contribution is -2.19. The monoisotopic (exact) mass is 363 g/mol. The molecule has 1 aliphatic heterocycles. The quantitative estimate of drug-likeness (QED) is 0.849. The molecule has 0 saturated carbocycles. The predicted octanol–water partition coefficient (Wildman–Crippen LogP) is 3.28. The third-order valence-corrected chi connectivity index (χ3v) is 4.38. The minimum atomic E-state index is 0.263. The van der Waals surface area contributed by atoms with Crippen molar-refractivity contribution in [2.24, 2.45) is 0 Å². The first-order valence-electron chi connectivity index (χ1n) is 7.29. The average molecular weight is 364 g/mol. The summed E-state index contributed by atoms with van der Waals surface area (Å²) in [5, 5.41) is 14.4. The highest BCUT2D eigenvalue weighted by atomic mass is 79.9. The van der Waals surface area contributed by atoms with E-state index in [0.29, 0.717) is 11.8 Å². The number of hydrogen-bond donors (Lipinski definition) is 2. The molecule has 1 fully saturated rings. The molecule has 3 rings (SSSR count). The van der Waals surface area contributed by atoms with Gasteiger partial charge in [0.15, 0.2) is 5.82 Å². The second-order valence-electron chi connectivity index (χ2n) is 5.27. The summed E-state index contributed by atoms with van der Waals surface area (Å²) in [5.74, 6) is 1.16. The van der Waals surface area contributed by atoms with E-state index in [1.54, 1.807) is 6.20 Å². The van der Waals surface area contributed by atoms with Crippen LogP contribution in [0, 0.1) is 6.92 Å². The number of rotatable bonds is 5. The lowest BCUT2D eigenvalue weighted by molar-refractivity contribution is 0.120. The van der Waals surface area contributed by atoms with Crippen molar-refractivity contribution in [3.05, 3.63) is 34.4 Å². The fourth-order valence-corrected chi connectivity index (χ4v) is 2.64. The van der Waals surface area contributed by atoms with Crippen molar-refractivity contribution in [1.82, 2.24) is 15.2 Å². The summed E-state index contributed by atoms with van der Waals surface area (Å²) in [7, 11) is 0. The maximum atomic E-state index is 5.58. The fourth-order valence-electron chi connectivity index (χ4n) is 2.27. The van der Waals surface area contributed by atoms with Crippen LogP contribution in [0.15, 0.2) is 28.9 Å². The number of nitrogens with one attached hydrogen (secondary N) is 2. The van der Waals surface area contributed by atoms with Crippen molar-refractivity contribution < 1.29 is 4.74 Å². The molecule has 0 bridgehead atoms. The molecule has 2 aromatic rings. The number of anilines is 3. The Morgan fingerprint density at radius 2 is 2.32 bits per heavy atom. The number of aryl methyl sites for hydroxylation is 1. The first kappa shape index (κ1) is 15.2. The van der Waals surface area contributed by atoms with Crippen LogP contribution in [0.1, 0.15) is 18.4 Å². The van der Waals surface area contributed by atoms with E-state index in [2.05, 4.69) is 41.7 Å². The van der Waals surface area contributed by atoms with Crippen LogP contribution in [0.5, 0.6) is 0 Å². The van der Waals surface area contributed by atoms with Gasteiger partial charge < -0.3 is 15.4 Å². The minimum Gasteiger partial charge on any atom is -0.376 e. The second kappa shape index (κ2) is 7.02. The molecule has 6 nitrogen and oxygen atoms in total. The van der Waals surface area contributed by atoms with Gasteiger partial charge in [-0.3, -0.25) is 0 Å². The van der Waals surface area contributed by atoms with Crippen molar-refractivity contribution in [3.63, 3.8) is 0 Å². The Labute approximate surface area is 137 Å². The maximum absolute atomic E-state index is 5.58. The van der Waals surface area contributed by atoms with Gasteiger partial charge in [-0.1, -0.05) is 22.0 Å². The highest BCUT2D eigenvalue weighted by Gasteiger charge is 2.15. The van der Waals surface area contributed by atoms with Gasteiger partial charge in [-0.25, -0.2) is 0 Å². The van der Waals surface area contributed by atoms with Crippen molar-refractivity contribution in [1.29, 1.82) is 0 Å². The Hall–Kier alpha value is -1.73. The van der Waals surface area contributed by atoms with E-state index < -0.39 is 0 Å². The molecule has 0 amide bonds. The van der Waals surface area contributed by atoms with E-state index in [4.69, 9.17) is 4.74 Å². The van der Waals surface area contributed by atoms with Crippen molar-refractivity contribution in [3.8, 4) is 0 Å². The average Bonchev–Trinajstić information content (AvgIpc) is 3.03. The molecule has 116 valence electrons. The van der Waals surface area contributed by atoms with Crippen LogP contribution >= 0.6 is 15.9 Å². The van der Waals surface area contributed by atoms with Gasteiger partial charge in [-0.05, 0) is 37.5 Å². The van der Waals surface area contributed by atoms with Gasteiger partial charge in [-0.2, -0.15) is 10.1 Å². The molecule has 2 heterocycles. The van der Waals surface area contributed by atoms with Gasteiger partial charge in [0.2, 0.25) is 5.95 Å². The lowest BCUT2D eigenvalue weighted by atomic mass is 10.2. The van der Waals surface area contributed by atoms with Gasteiger partial charge in [0, 0.05) is 23.3 Å². The minimum absolute atomic E-state index is 0.263. The normalized spacial score (nSPS) is 17.5. The first-order valence-corrected chi connectivity index (χ1v) is 8.08. The Morgan fingerprint density at radius 3 is 3.09 bits per heavy atom. The molecule has 0 spiro atoms. The Balaban J connectivity index is 1.63. The topological polar surface area (TPSA) is 72.0 Å². The molecular formula is C15H18BrN5O. The summed E-state index contributed by atoms with van der Waals surface area (Å²) >= 11 is 3.51.